The highest BCUT2D eigenvalue weighted by molar-refractivity contribution is 5.98. The van der Waals surface area contributed by atoms with Crippen LogP contribution in [0.5, 0.6) is 34.5 Å². The molecule has 0 spiro atoms. The van der Waals surface area contributed by atoms with E-state index in [1.807, 2.05) is 30.5 Å². The molecule has 0 radical (unpaired) electrons. The molecule has 0 saturated heterocycles. The van der Waals surface area contributed by atoms with Gasteiger partial charge in [-0.05, 0) is 92.6 Å². The van der Waals surface area contributed by atoms with E-state index in [4.69, 9.17) is 23.7 Å². The van der Waals surface area contributed by atoms with Crippen LogP contribution in [-0.2, 0) is 20.9 Å². The van der Waals surface area contributed by atoms with E-state index in [2.05, 4.69) is 9.88 Å². The summed E-state index contributed by atoms with van der Waals surface area (Å²) in [5.74, 6) is -1.05. The number of carbonyl (C=O) groups excluding carboxylic acids is 3. The number of benzene rings is 3. The van der Waals surface area contributed by atoms with Gasteiger partial charge in [0.2, 0.25) is 11.7 Å². The normalized spacial score (nSPS) is 15.8. The SMILES string of the molecule is COc1ccc2c(ccn2CCCNC(=O)CC(c2cc(OC)c(OC)c(OC)c2)c2c(O)cc3c(c2O)C(=O)OC(C)CCCC(=O)CCCC=C3)c1. The lowest BCUT2D eigenvalue weighted by Crippen LogP contribution is -2.27. The number of aromatic nitrogens is 1. The molecule has 1 amide bonds. The molecule has 12 nitrogen and oxygen atoms in total. The molecule has 2 heterocycles. The molecule has 4 aromatic rings. The lowest BCUT2D eigenvalue weighted by Gasteiger charge is -2.24. The first-order valence-corrected chi connectivity index (χ1v) is 18.3. The predicted molar refractivity (Wildman–Crippen MR) is 205 cm³/mol. The van der Waals surface area contributed by atoms with Gasteiger partial charge in [-0.1, -0.05) is 12.2 Å². The molecule has 1 aliphatic rings. The summed E-state index contributed by atoms with van der Waals surface area (Å²) in [6.07, 6.45) is 8.39. The summed E-state index contributed by atoms with van der Waals surface area (Å²) in [6, 6.07) is 12.6. The molecule has 5 rings (SSSR count). The lowest BCUT2D eigenvalue weighted by molar-refractivity contribution is -0.121. The molecule has 3 N–H and O–H groups in total. The molecule has 2 atom stereocenters. The number of ketones is 1. The summed E-state index contributed by atoms with van der Waals surface area (Å²) in [5, 5.41) is 27.6. The Balaban J connectivity index is 1.48. The third-order valence-corrected chi connectivity index (χ3v) is 9.75. The third kappa shape index (κ3) is 9.28. The average Bonchev–Trinajstić information content (AvgIpc) is 3.56. The number of fused-ring (bicyclic) bond motifs is 2. The number of carbonyl (C=O) groups is 3. The number of rotatable bonds is 12. The van der Waals surface area contributed by atoms with E-state index in [0.717, 1.165) is 16.7 Å². The van der Waals surface area contributed by atoms with Gasteiger partial charge >= 0.3 is 5.97 Å². The van der Waals surface area contributed by atoms with Crippen LogP contribution in [0, 0.1) is 0 Å². The highest BCUT2D eigenvalue weighted by Gasteiger charge is 2.32. The Morgan fingerprint density at radius 1 is 0.963 bits per heavy atom. The fourth-order valence-electron chi connectivity index (χ4n) is 6.94. The van der Waals surface area contributed by atoms with Crippen molar-refractivity contribution >= 4 is 34.6 Å². The van der Waals surface area contributed by atoms with Gasteiger partial charge in [0.1, 0.15) is 28.6 Å². The molecule has 0 bridgehead atoms. The van der Waals surface area contributed by atoms with E-state index in [9.17, 15) is 24.6 Å². The number of aryl methyl sites for hydroxylation is 1. The molecule has 288 valence electrons. The van der Waals surface area contributed by atoms with E-state index in [-0.39, 0.29) is 40.6 Å². The molecule has 1 aromatic heterocycles. The van der Waals surface area contributed by atoms with Gasteiger partial charge in [-0.15, -0.1) is 0 Å². The van der Waals surface area contributed by atoms with Crippen LogP contribution in [0.3, 0.4) is 0 Å². The van der Waals surface area contributed by atoms with Gasteiger partial charge in [-0.3, -0.25) is 9.59 Å². The van der Waals surface area contributed by atoms with E-state index in [1.165, 1.54) is 27.4 Å². The summed E-state index contributed by atoms with van der Waals surface area (Å²) in [6.45, 7) is 2.75. The van der Waals surface area contributed by atoms with Crippen molar-refractivity contribution in [1.82, 2.24) is 9.88 Å². The van der Waals surface area contributed by atoms with Crippen LogP contribution in [0.25, 0.3) is 17.0 Å². The van der Waals surface area contributed by atoms with Crippen LogP contribution in [0.15, 0.2) is 54.7 Å². The summed E-state index contributed by atoms with van der Waals surface area (Å²) < 4.78 is 30.0. The number of nitrogens with one attached hydrogen (secondary N) is 1. The van der Waals surface area contributed by atoms with Gasteiger partial charge in [0.25, 0.3) is 0 Å². The average molecular weight is 743 g/mol. The monoisotopic (exact) mass is 742 g/mol. The van der Waals surface area contributed by atoms with Crippen LogP contribution in [0.2, 0.25) is 0 Å². The zero-order valence-electron chi connectivity index (χ0n) is 31.6. The Morgan fingerprint density at radius 2 is 1.70 bits per heavy atom. The standard InChI is InChI=1S/C42H50N2O10/c1-26-11-9-14-30(45)13-8-6-7-12-28-22-34(46)39(40(48)38(28)42(49)54-26)32(29-23-35(51-3)41(53-5)36(24-29)52-4)25-37(47)43-18-10-19-44-20-17-27-21-31(50-2)15-16-33(27)44/h7,12,15-17,20-24,26,32,46,48H,6,8-11,13-14,18-19,25H2,1-5H3,(H,43,47). The quantitative estimate of drug-likeness (QED) is 0.0995. The number of cyclic esters (lactones) is 1. The van der Waals surface area contributed by atoms with Crippen molar-refractivity contribution < 1.29 is 48.3 Å². The molecule has 3 aromatic carbocycles. The second-order valence-corrected chi connectivity index (χ2v) is 13.4. The summed E-state index contributed by atoms with van der Waals surface area (Å²) in [4.78, 5) is 39.8. The molecule has 12 heteroatoms. The molecule has 0 aliphatic carbocycles. The Morgan fingerprint density at radius 3 is 2.41 bits per heavy atom. The summed E-state index contributed by atoms with van der Waals surface area (Å²) in [7, 11) is 6.04. The lowest BCUT2D eigenvalue weighted by atomic mass is 9.84. The van der Waals surface area contributed by atoms with Crippen molar-refractivity contribution in [3.63, 3.8) is 0 Å². The van der Waals surface area contributed by atoms with Gasteiger partial charge in [0.15, 0.2) is 11.5 Å². The van der Waals surface area contributed by atoms with Crippen molar-refractivity contribution in [1.29, 1.82) is 0 Å². The van der Waals surface area contributed by atoms with Crippen LogP contribution >= 0.6 is 0 Å². The first kappa shape index (κ1) is 39.6. The van der Waals surface area contributed by atoms with Crippen molar-refractivity contribution in [2.75, 3.05) is 35.0 Å². The number of hydrogen-bond acceptors (Lipinski definition) is 10. The maximum absolute atomic E-state index is 13.8. The maximum Gasteiger partial charge on any atom is 0.342 e. The van der Waals surface area contributed by atoms with Crippen LogP contribution in [0.4, 0.5) is 0 Å². The predicted octanol–water partition coefficient (Wildman–Crippen LogP) is 7.30. The molecule has 0 fully saturated rings. The topological polar surface area (TPSA) is 155 Å². The van der Waals surface area contributed by atoms with Gasteiger partial charge in [0.05, 0.1) is 34.5 Å². The Bertz CT molecular complexity index is 1970. The van der Waals surface area contributed by atoms with E-state index in [0.29, 0.717) is 80.8 Å². The summed E-state index contributed by atoms with van der Waals surface area (Å²) >= 11 is 0. The smallest absolute Gasteiger partial charge is 0.342 e. The third-order valence-electron chi connectivity index (χ3n) is 9.75. The Kier molecular flexibility index (Phi) is 13.5. The molecule has 2 unspecified atom stereocenters. The number of methoxy groups -OCH3 is 4. The second kappa shape index (κ2) is 18.4. The number of allylic oxidation sites excluding steroid dienone is 1. The maximum atomic E-state index is 13.8. The van der Waals surface area contributed by atoms with Crippen molar-refractivity contribution in [2.24, 2.45) is 0 Å². The van der Waals surface area contributed by atoms with E-state index >= 15 is 0 Å². The van der Waals surface area contributed by atoms with Gasteiger partial charge in [-0.25, -0.2) is 4.79 Å². The fraction of sp³-hybridized carbons (Fsp3) is 0.405. The number of hydrogen-bond donors (Lipinski definition) is 3. The van der Waals surface area contributed by atoms with Gasteiger partial charge < -0.3 is 43.8 Å². The van der Waals surface area contributed by atoms with Crippen LogP contribution in [0.1, 0.15) is 91.3 Å². The first-order valence-electron chi connectivity index (χ1n) is 18.3. The minimum atomic E-state index is -0.972. The van der Waals surface area contributed by atoms with Gasteiger partial charge in [-0.2, -0.15) is 0 Å². The zero-order chi connectivity index (χ0) is 38.8. The Labute approximate surface area is 315 Å². The fourth-order valence-corrected chi connectivity index (χ4v) is 6.94. The summed E-state index contributed by atoms with van der Waals surface area (Å²) in [5.41, 5.74) is 1.60. The molecule has 0 saturated carbocycles. The number of nitrogens with zero attached hydrogens (tertiary/aromatic N) is 1. The Hall–Kier alpha value is -5.65. The minimum Gasteiger partial charge on any atom is -0.507 e. The number of phenolic OH excluding ortho intramolecular Hbond substituents is 2. The molecule has 54 heavy (non-hydrogen) atoms. The zero-order valence-corrected chi connectivity index (χ0v) is 31.6. The number of phenols is 2. The van der Waals surface area contributed by atoms with Crippen molar-refractivity contribution in [2.45, 2.75) is 76.9 Å². The first-order chi connectivity index (χ1) is 26.1. The number of aromatic hydroxyl groups is 2. The molecule has 1 aliphatic heterocycles. The largest absolute Gasteiger partial charge is 0.507 e. The van der Waals surface area contributed by atoms with Crippen LogP contribution in [-0.4, -0.2) is 73.5 Å². The second-order valence-electron chi connectivity index (χ2n) is 13.4. The van der Waals surface area contributed by atoms with E-state index < -0.39 is 23.7 Å². The molecular weight excluding hydrogens is 692 g/mol. The highest BCUT2D eigenvalue weighted by Crippen LogP contribution is 2.47. The number of Topliss-reactive ketones (excluding diaryl/α,β-unsaturated/α-hetero) is 1. The van der Waals surface area contributed by atoms with E-state index in [1.54, 1.807) is 38.3 Å². The number of amides is 1. The molecular formula is C42H50N2O10. The van der Waals surface area contributed by atoms with Crippen molar-refractivity contribution in [3.8, 4) is 34.5 Å². The number of ether oxygens (including phenoxy) is 5. The van der Waals surface area contributed by atoms with Crippen LogP contribution < -0.4 is 24.3 Å². The van der Waals surface area contributed by atoms with Crippen molar-refractivity contribution in [3.05, 3.63) is 77.0 Å². The minimum absolute atomic E-state index is 0.0304. The number of esters is 1. The highest BCUT2D eigenvalue weighted by atomic mass is 16.5. The van der Waals surface area contributed by atoms with Gasteiger partial charge in [0, 0.05) is 60.9 Å².